The van der Waals surface area contributed by atoms with Crippen LogP contribution < -0.4 is 4.72 Å². The third kappa shape index (κ3) is 5.00. The molecule has 0 spiro atoms. The lowest BCUT2D eigenvalue weighted by Crippen LogP contribution is -2.42. The molecule has 1 aliphatic heterocycles. The van der Waals surface area contributed by atoms with Crippen LogP contribution in [0.1, 0.15) is 37.2 Å². The van der Waals surface area contributed by atoms with Crippen LogP contribution >= 0.6 is 0 Å². The molecule has 31 heavy (non-hydrogen) atoms. The van der Waals surface area contributed by atoms with Gasteiger partial charge in [0.1, 0.15) is 0 Å². The maximum absolute atomic E-state index is 12.6. The minimum Gasteiger partial charge on any atom is -0.293 e. The number of rotatable bonds is 7. The molecule has 1 N–H and O–H groups in total. The number of tetrazole rings is 1. The van der Waals surface area contributed by atoms with E-state index in [-0.39, 0.29) is 12.0 Å². The maximum atomic E-state index is 12.6. The Morgan fingerprint density at radius 2 is 1.87 bits per heavy atom. The van der Waals surface area contributed by atoms with Crippen molar-refractivity contribution in [2.75, 3.05) is 19.6 Å². The predicted octanol–water partition coefficient (Wildman–Crippen LogP) is 2.72. The van der Waals surface area contributed by atoms with Crippen molar-refractivity contribution in [2.24, 2.45) is 5.92 Å². The van der Waals surface area contributed by atoms with Crippen molar-refractivity contribution in [1.82, 2.24) is 29.8 Å². The molecule has 164 valence electrons. The fourth-order valence-electron chi connectivity index (χ4n) is 4.01. The first-order chi connectivity index (χ1) is 14.9. The summed E-state index contributed by atoms with van der Waals surface area (Å²) in [7, 11) is -3.51. The molecule has 4 rings (SSSR count). The molecule has 2 aromatic carbocycles. The largest absolute Gasteiger partial charge is 0.293 e. The van der Waals surface area contributed by atoms with Crippen LogP contribution in [0.2, 0.25) is 0 Å². The SMILES string of the molecule is Cc1ccc(S(=O)(=O)NCC2CCCN(C(C)c3nnnn3-c3ccccc3)C2)cc1. The van der Waals surface area contributed by atoms with Gasteiger partial charge in [0.05, 0.1) is 16.6 Å². The highest BCUT2D eigenvalue weighted by molar-refractivity contribution is 7.89. The number of benzene rings is 2. The van der Waals surface area contributed by atoms with Gasteiger partial charge in [0.25, 0.3) is 0 Å². The Bertz CT molecular complexity index is 1100. The number of hydrogen-bond acceptors (Lipinski definition) is 6. The van der Waals surface area contributed by atoms with Gasteiger partial charge >= 0.3 is 0 Å². The molecular weight excluding hydrogens is 412 g/mol. The van der Waals surface area contributed by atoms with Crippen molar-refractivity contribution in [2.45, 2.75) is 37.6 Å². The Hall–Kier alpha value is -2.62. The van der Waals surface area contributed by atoms with Gasteiger partial charge in [0, 0.05) is 13.1 Å². The molecule has 0 radical (unpaired) electrons. The molecule has 0 bridgehead atoms. The van der Waals surface area contributed by atoms with Crippen molar-refractivity contribution in [3.63, 3.8) is 0 Å². The molecule has 0 saturated carbocycles. The molecule has 0 amide bonds. The number of para-hydroxylation sites is 1. The average molecular weight is 441 g/mol. The molecule has 1 aliphatic rings. The van der Waals surface area contributed by atoms with E-state index in [0.29, 0.717) is 11.4 Å². The lowest BCUT2D eigenvalue weighted by atomic mass is 9.97. The molecule has 2 unspecified atom stereocenters. The number of aryl methyl sites for hydroxylation is 1. The topological polar surface area (TPSA) is 93.0 Å². The highest BCUT2D eigenvalue weighted by atomic mass is 32.2. The standard InChI is InChI=1S/C22H28N6O2S/c1-17-10-12-21(13-11-17)31(29,30)23-15-19-7-6-14-27(16-19)18(2)22-24-25-26-28(22)20-8-4-3-5-9-20/h3-5,8-13,18-19,23H,6-7,14-16H2,1-2H3. The number of sulfonamides is 1. The van der Waals surface area contributed by atoms with Gasteiger partial charge in [-0.25, -0.2) is 13.1 Å². The summed E-state index contributed by atoms with van der Waals surface area (Å²) in [5, 5.41) is 12.3. The first-order valence-electron chi connectivity index (χ1n) is 10.6. The van der Waals surface area contributed by atoms with Gasteiger partial charge in [-0.2, -0.15) is 4.68 Å². The second-order valence-corrected chi connectivity index (χ2v) is 9.90. The molecule has 2 heterocycles. The summed E-state index contributed by atoms with van der Waals surface area (Å²) in [4.78, 5) is 2.64. The van der Waals surface area contributed by atoms with E-state index in [9.17, 15) is 8.42 Å². The maximum Gasteiger partial charge on any atom is 0.240 e. The molecule has 3 aromatic rings. The fourth-order valence-corrected chi connectivity index (χ4v) is 5.13. The average Bonchev–Trinajstić information content (AvgIpc) is 3.28. The van der Waals surface area contributed by atoms with E-state index < -0.39 is 10.0 Å². The van der Waals surface area contributed by atoms with Gasteiger partial charge < -0.3 is 0 Å². The third-order valence-electron chi connectivity index (χ3n) is 5.86. The van der Waals surface area contributed by atoms with Crippen LogP contribution in [0.3, 0.4) is 0 Å². The minimum absolute atomic E-state index is 0.0201. The zero-order valence-electron chi connectivity index (χ0n) is 17.8. The van der Waals surface area contributed by atoms with E-state index in [1.807, 2.05) is 49.4 Å². The second-order valence-electron chi connectivity index (χ2n) is 8.13. The summed E-state index contributed by atoms with van der Waals surface area (Å²) in [6, 6.07) is 16.8. The van der Waals surface area contributed by atoms with Gasteiger partial charge in [-0.1, -0.05) is 35.9 Å². The minimum atomic E-state index is -3.51. The van der Waals surface area contributed by atoms with Crippen LogP contribution in [0.25, 0.3) is 5.69 Å². The predicted molar refractivity (Wildman–Crippen MR) is 118 cm³/mol. The normalized spacial score (nSPS) is 18.7. The molecular formula is C22H28N6O2S. The molecule has 2 atom stereocenters. The smallest absolute Gasteiger partial charge is 0.240 e. The number of likely N-dealkylation sites (tertiary alicyclic amines) is 1. The number of piperidine rings is 1. The number of aromatic nitrogens is 4. The van der Waals surface area contributed by atoms with Crippen molar-refractivity contribution in [1.29, 1.82) is 0 Å². The van der Waals surface area contributed by atoms with Crippen molar-refractivity contribution in [3.8, 4) is 5.69 Å². The number of hydrogen-bond donors (Lipinski definition) is 1. The zero-order valence-corrected chi connectivity index (χ0v) is 18.7. The lowest BCUT2D eigenvalue weighted by molar-refractivity contribution is 0.127. The Morgan fingerprint density at radius 1 is 1.13 bits per heavy atom. The summed E-state index contributed by atoms with van der Waals surface area (Å²) < 4.78 is 29.8. The molecule has 0 aliphatic carbocycles. The summed E-state index contributed by atoms with van der Waals surface area (Å²) in [5.74, 6) is 1.02. The first-order valence-corrected chi connectivity index (χ1v) is 12.1. The van der Waals surface area contributed by atoms with Gasteiger partial charge in [0.2, 0.25) is 10.0 Å². The van der Waals surface area contributed by atoms with E-state index in [4.69, 9.17) is 0 Å². The van der Waals surface area contributed by atoms with Crippen LogP contribution in [-0.4, -0.2) is 53.2 Å². The van der Waals surface area contributed by atoms with Crippen molar-refractivity contribution in [3.05, 3.63) is 66.0 Å². The van der Waals surface area contributed by atoms with Gasteiger partial charge in [-0.05, 0) is 73.8 Å². The van der Waals surface area contributed by atoms with E-state index in [1.54, 1.807) is 16.8 Å². The number of nitrogens with zero attached hydrogens (tertiary/aromatic N) is 5. The van der Waals surface area contributed by atoms with Crippen LogP contribution in [0, 0.1) is 12.8 Å². The summed E-state index contributed by atoms with van der Waals surface area (Å²) >= 11 is 0. The summed E-state index contributed by atoms with van der Waals surface area (Å²) in [6.45, 7) is 6.19. The van der Waals surface area contributed by atoms with E-state index in [0.717, 1.165) is 43.0 Å². The highest BCUT2D eigenvalue weighted by Crippen LogP contribution is 2.26. The van der Waals surface area contributed by atoms with Gasteiger partial charge in [-0.15, -0.1) is 5.10 Å². The van der Waals surface area contributed by atoms with Crippen LogP contribution in [-0.2, 0) is 10.0 Å². The van der Waals surface area contributed by atoms with Crippen LogP contribution in [0.15, 0.2) is 59.5 Å². The monoisotopic (exact) mass is 440 g/mol. The fraction of sp³-hybridized carbons (Fsp3) is 0.409. The van der Waals surface area contributed by atoms with Gasteiger partial charge in [0.15, 0.2) is 5.82 Å². The van der Waals surface area contributed by atoms with Crippen molar-refractivity contribution >= 4 is 10.0 Å². The van der Waals surface area contributed by atoms with E-state index >= 15 is 0 Å². The van der Waals surface area contributed by atoms with Crippen molar-refractivity contribution < 1.29 is 8.42 Å². The van der Waals surface area contributed by atoms with Crippen LogP contribution in [0.4, 0.5) is 0 Å². The second kappa shape index (κ2) is 9.25. The van der Waals surface area contributed by atoms with E-state index in [2.05, 4.69) is 32.1 Å². The Kier molecular flexibility index (Phi) is 6.45. The zero-order chi connectivity index (χ0) is 21.8. The third-order valence-corrected chi connectivity index (χ3v) is 7.30. The molecule has 1 aromatic heterocycles. The van der Waals surface area contributed by atoms with Gasteiger partial charge in [-0.3, -0.25) is 4.90 Å². The first kappa shape index (κ1) is 21.6. The Labute approximate surface area is 183 Å². The van der Waals surface area contributed by atoms with E-state index in [1.165, 1.54) is 0 Å². The van der Waals surface area contributed by atoms with Crippen LogP contribution in [0.5, 0.6) is 0 Å². The molecule has 1 saturated heterocycles. The lowest BCUT2D eigenvalue weighted by Gasteiger charge is -2.36. The summed E-state index contributed by atoms with van der Waals surface area (Å²) in [6.07, 6.45) is 2.00. The number of nitrogens with one attached hydrogen (secondary N) is 1. The molecule has 9 heteroatoms. The molecule has 8 nitrogen and oxygen atoms in total. The quantitative estimate of drug-likeness (QED) is 0.607. The Morgan fingerprint density at radius 3 is 2.61 bits per heavy atom. The summed E-state index contributed by atoms with van der Waals surface area (Å²) in [5.41, 5.74) is 1.96. The Balaban J connectivity index is 1.41. The molecule has 1 fully saturated rings. The highest BCUT2D eigenvalue weighted by Gasteiger charge is 2.28.